The molecule has 2 N–H and O–H groups in total. The van der Waals surface area contributed by atoms with Crippen LogP contribution in [-0.4, -0.2) is 16.4 Å². The highest BCUT2D eigenvalue weighted by atomic mass is 19.4. The second kappa shape index (κ2) is 12.2. The van der Waals surface area contributed by atoms with E-state index in [2.05, 4.69) is 64.3 Å². The Bertz CT molecular complexity index is 1870. The molecule has 2 amide bonds. The number of nitrogens with zero attached hydrogens (tertiary/aromatic N) is 1. The molecule has 0 radical (unpaired) electrons. The maximum Gasteiger partial charge on any atom is 0.416 e. The average Bonchev–Trinajstić information content (AvgIpc) is 3.34. The van der Waals surface area contributed by atoms with Crippen molar-refractivity contribution >= 4 is 34.1 Å². The number of hydrogen-bond donors (Lipinski definition) is 2. The highest BCUT2D eigenvalue weighted by molar-refractivity contribution is 6.08. The SMILES string of the molecule is CC(C)(C)c1ccc(Cn2c(C(=O)Nc3ccc(C(F)(F)F)cc3)cc3cc(NC(=O)c4ccc(C(C)(C)C)cc4)ccc32)cc1. The Hall–Kier alpha value is -4.85. The lowest BCUT2D eigenvalue weighted by Gasteiger charge is -2.19. The first kappa shape index (κ1) is 32.5. The molecular formula is C38H38F3N3O2. The van der Waals surface area contributed by atoms with Gasteiger partial charge in [-0.05, 0) is 88.2 Å². The highest BCUT2D eigenvalue weighted by Crippen LogP contribution is 2.31. The molecule has 5 rings (SSSR count). The second-order valence-corrected chi connectivity index (χ2v) is 13.6. The van der Waals surface area contributed by atoms with Crippen LogP contribution in [0.3, 0.4) is 0 Å². The first-order valence-electron chi connectivity index (χ1n) is 15.1. The van der Waals surface area contributed by atoms with Crippen LogP contribution in [-0.2, 0) is 23.6 Å². The summed E-state index contributed by atoms with van der Waals surface area (Å²) in [6.07, 6.45) is -4.47. The van der Waals surface area contributed by atoms with Gasteiger partial charge in [0, 0.05) is 34.4 Å². The van der Waals surface area contributed by atoms with Crippen LogP contribution in [0.2, 0.25) is 0 Å². The number of carbonyl (C=O) groups is 2. The Labute approximate surface area is 267 Å². The zero-order chi connectivity index (χ0) is 33.4. The van der Waals surface area contributed by atoms with E-state index in [1.165, 1.54) is 17.7 Å². The molecule has 0 spiro atoms. The summed E-state index contributed by atoms with van der Waals surface area (Å²) in [4.78, 5) is 26.7. The normalized spacial score (nSPS) is 12.3. The van der Waals surface area contributed by atoms with Gasteiger partial charge in [-0.2, -0.15) is 13.2 Å². The van der Waals surface area contributed by atoms with Crippen LogP contribution in [0.1, 0.15) is 84.6 Å². The van der Waals surface area contributed by atoms with Crippen LogP contribution < -0.4 is 10.6 Å². The lowest BCUT2D eigenvalue weighted by molar-refractivity contribution is -0.137. The Kier molecular flexibility index (Phi) is 8.60. The number of rotatable bonds is 6. The predicted molar refractivity (Wildman–Crippen MR) is 179 cm³/mol. The summed E-state index contributed by atoms with van der Waals surface area (Å²) in [5.74, 6) is -0.717. The molecule has 0 bridgehead atoms. The summed E-state index contributed by atoms with van der Waals surface area (Å²) in [6, 6.07) is 27.3. The molecule has 5 aromatic rings. The van der Waals surface area contributed by atoms with E-state index in [4.69, 9.17) is 0 Å². The van der Waals surface area contributed by atoms with Gasteiger partial charge in [0.25, 0.3) is 11.8 Å². The van der Waals surface area contributed by atoms with Crippen molar-refractivity contribution in [1.29, 1.82) is 0 Å². The molecule has 5 nitrogen and oxygen atoms in total. The Balaban J connectivity index is 1.46. The highest BCUT2D eigenvalue weighted by Gasteiger charge is 2.30. The first-order valence-corrected chi connectivity index (χ1v) is 15.1. The minimum Gasteiger partial charge on any atom is -0.332 e. The molecule has 0 atom stereocenters. The third-order valence-corrected chi connectivity index (χ3v) is 8.04. The minimum atomic E-state index is -4.47. The van der Waals surface area contributed by atoms with Crippen molar-refractivity contribution in [2.24, 2.45) is 0 Å². The van der Waals surface area contributed by atoms with Crippen molar-refractivity contribution in [3.63, 3.8) is 0 Å². The fourth-order valence-corrected chi connectivity index (χ4v) is 5.26. The summed E-state index contributed by atoms with van der Waals surface area (Å²) >= 11 is 0. The Morgan fingerprint density at radius 3 is 1.65 bits per heavy atom. The van der Waals surface area contributed by atoms with E-state index in [-0.39, 0.29) is 22.4 Å². The molecule has 8 heteroatoms. The number of fused-ring (bicyclic) bond motifs is 1. The molecule has 0 fully saturated rings. The summed E-state index contributed by atoms with van der Waals surface area (Å²) in [5, 5.41) is 6.42. The van der Waals surface area contributed by atoms with Gasteiger partial charge in [-0.15, -0.1) is 0 Å². The van der Waals surface area contributed by atoms with Crippen LogP contribution in [0.5, 0.6) is 0 Å². The zero-order valence-electron chi connectivity index (χ0n) is 26.8. The van der Waals surface area contributed by atoms with Crippen molar-refractivity contribution in [3.8, 4) is 0 Å². The van der Waals surface area contributed by atoms with Crippen LogP contribution in [0.15, 0.2) is 97.1 Å². The van der Waals surface area contributed by atoms with Gasteiger partial charge in [0.2, 0.25) is 0 Å². The number of benzene rings is 4. The van der Waals surface area contributed by atoms with E-state index >= 15 is 0 Å². The van der Waals surface area contributed by atoms with E-state index in [9.17, 15) is 22.8 Å². The fraction of sp³-hybridized carbons (Fsp3) is 0.263. The van der Waals surface area contributed by atoms with Crippen molar-refractivity contribution in [1.82, 2.24) is 4.57 Å². The average molecular weight is 626 g/mol. The van der Waals surface area contributed by atoms with E-state index in [0.717, 1.165) is 34.2 Å². The van der Waals surface area contributed by atoms with Crippen LogP contribution in [0, 0.1) is 0 Å². The summed E-state index contributed by atoms with van der Waals surface area (Å²) in [5.41, 5.74) is 4.89. The van der Waals surface area contributed by atoms with Crippen molar-refractivity contribution in [2.75, 3.05) is 10.6 Å². The molecule has 0 saturated heterocycles. The summed E-state index contributed by atoms with van der Waals surface area (Å²) < 4.78 is 41.1. The zero-order valence-corrected chi connectivity index (χ0v) is 26.8. The molecule has 0 aliphatic rings. The smallest absolute Gasteiger partial charge is 0.332 e. The molecule has 0 aliphatic heterocycles. The number of hydrogen-bond acceptors (Lipinski definition) is 2. The number of nitrogens with one attached hydrogen (secondary N) is 2. The van der Waals surface area contributed by atoms with Crippen LogP contribution in [0.25, 0.3) is 10.9 Å². The maximum atomic E-state index is 13.6. The number of anilines is 2. The van der Waals surface area contributed by atoms with Crippen molar-refractivity contribution in [2.45, 2.75) is 65.1 Å². The molecule has 46 heavy (non-hydrogen) atoms. The molecule has 238 valence electrons. The van der Waals surface area contributed by atoms with Gasteiger partial charge in [0.1, 0.15) is 5.69 Å². The van der Waals surface area contributed by atoms with Gasteiger partial charge in [-0.3, -0.25) is 9.59 Å². The number of halogens is 3. The summed E-state index contributed by atoms with van der Waals surface area (Å²) in [6.45, 7) is 13.1. The molecule has 4 aromatic carbocycles. The van der Waals surface area contributed by atoms with Crippen LogP contribution >= 0.6 is 0 Å². The van der Waals surface area contributed by atoms with E-state index in [0.29, 0.717) is 23.5 Å². The molecule has 1 aromatic heterocycles. The standard InChI is InChI=1S/C38H38F3N3O2/c1-36(2,3)27-11-7-24(8-12-27)23-44-32-20-19-31(43-34(45)25-9-13-28(14-10-25)37(4,5)6)21-26(32)22-33(44)35(46)42-30-17-15-29(16-18-30)38(39,40)41/h7-22H,23H2,1-6H3,(H,42,46)(H,43,45). The number of amides is 2. The van der Waals surface area contributed by atoms with Gasteiger partial charge < -0.3 is 15.2 Å². The molecule has 0 saturated carbocycles. The summed E-state index contributed by atoms with van der Waals surface area (Å²) in [7, 11) is 0. The molecule has 0 aliphatic carbocycles. The number of aromatic nitrogens is 1. The number of alkyl halides is 3. The maximum absolute atomic E-state index is 13.6. The third-order valence-electron chi connectivity index (χ3n) is 8.04. The van der Waals surface area contributed by atoms with Crippen molar-refractivity contribution in [3.05, 3.63) is 131 Å². The Morgan fingerprint density at radius 2 is 1.11 bits per heavy atom. The first-order chi connectivity index (χ1) is 21.5. The largest absolute Gasteiger partial charge is 0.416 e. The predicted octanol–water partition coefficient (Wildman–Crippen LogP) is 9.81. The lowest BCUT2D eigenvalue weighted by Crippen LogP contribution is -2.18. The monoisotopic (exact) mass is 625 g/mol. The third kappa shape index (κ3) is 7.33. The fourth-order valence-electron chi connectivity index (χ4n) is 5.26. The van der Waals surface area contributed by atoms with Crippen molar-refractivity contribution < 1.29 is 22.8 Å². The van der Waals surface area contributed by atoms with Crippen LogP contribution in [0.4, 0.5) is 24.5 Å². The van der Waals surface area contributed by atoms with Gasteiger partial charge in [0.15, 0.2) is 0 Å². The molecule has 1 heterocycles. The second-order valence-electron chi connectivity index (χ2n) is 13.6. The van der Waals surface area contributed by atoms with E-state index in [1.54, 1.807) is 24.3 Å². The minimum absolute atomic E-state index is 0.0130. The topological polar surface area (TPSA) is 63.1 Å². The van der Waals surface area contributed by atoms with E-state index < -0.39 is 17.6 Å². The van der Waals surface area contributed by atoms with Gasteiger partial charge in [-0.25, -0.2) is 0 Å². The van der Waals surface area contributed by atoms with Gasteiger partial charge >= 0.3 is 6.18 Å². The molecule has 0 unspecified atom stereocenters. The lowest BCUT2D eigenvalue weighted by atomic mass is 9.86. The van der Waals surface area contributed by atoms with E-state index in [1.807, 2.05) is 41.0 Å². The number of carbonyl (C=O) groups excluding carboxylic acids is 2. The van der Waals surface area contributed by atoms with Gasteiger partial charge in [0.05, 0.1) is 5.56 Å². The van der Waals surface area contributed by atoms with Gasteiger partial charge in [-0.1, -0.05) is 77.9 Å². The Morgan fingerprint density at radius 1 is 0.609 bits per heavy atom. The molecular weight excluding hydrogens is 587 g/mol. The quantitative estimate of drug-likeness (QED) is 0.197.